The SMILES string of the molecule is CN=C(NCc1ccc(OC)cc1)NCc1ccc(C)s1. The van der Waals surface area contributed by atoms with Crippen LogP contribution in [0.3, 0.4) is 0 Å². The van der Waals surface area contributed by atoms with Gasteiger partial charge in [0.2, 0.25) is 0 Å². The Hall–Kier alpha value is -2.01. The predicted octanol–water partition coefficient (Wildman–Crippen LogP) is 2.93. The van der Waals surface area contributed by atoms with Gasteiger partial charge in [0, 0.05) is 23.3 Å². The van der Waals surface area contributed by atoms with Gasteiger partial charge in [-0.15, -0.1) is 11.3 Å². The molecule has 2 rings (SSSR count). The van der Waals surface area contributed by atoms with Crippen molar-refractivity contribution in [1.82, 2.24) is 10.6 Å². The van der Waals surface area contributed by atoms with Crippen molar-refractivity contribution in [1.29, 1.82) is 0 Å². The first-order valence-electron chi connectivity index (χ1n) is 6.84. The number of aliphatic imine (C=N–C) groups is 1. The Balaban J connectivity index is 1.81. The van der Waals surface area contributed by atoms with Crippen LogP contribution in [0.2, 0.25) is 0 Å². The van der Waals surface area contributed by atoms with Crippen molar-refractivity contribution in [2.75, 3.05) is 14.2 Å². The summed E-state index contributed by atoms with van der Waals surface area (Å²) in [6.45, 7) is 3.64. The van der Waals surface area contributed by atoms with Gasteiger partial charge in [-0.1, -0.05) is 12.1 Å². The molecule has 1 aromatic heterocycles. The van der Waals surface area contributed by atoms with Gasteiger partial charge < -0.3 is 15.4 Å². The highest BCUT2D eigenvalue weighted by Gasteiger charge is 2.01. The van der Waals surface area contributed by atoms with Crippen LogP contribution in [0.4, 0.5) is 0 Å². The van der Waals surface area contributed by atoms with Crippen molar-refractivity contribution in [3.05, 3.63) is 51.7 Å². The van der Waals surface area contributed by atoms with Crippen LogP contribution >= 0.6 is 11.3 Å². The van der Waals surface area contributed by atoms with Gasteiger partial charge in [0.1, 0.15) is 5.75 Å². The van der Waals surface area contributed by atoms with Gasteiger partial charge in [0.05, 0.1) is 13.7 Å². The molecule has 0 aliphatic heterocycles. The average molecular weight is 303 g/mol. The molecule has 0 unspecified atom stereocenters. The number of hydrogen-bond acceptors (Lipinski definition) is 3. The molecule has 0 aliphatic carbocycles. The molecule has 2 N–H and O–H groups in total. The zero-order valence-electron chi connectivity index (χ0n) is 12.6. The van der Waals surface area contributed by atoms with Gasteiger partial charge in [-0.25, -0.2) is 0 Å². The van der Waals surface area contributed by atoms with Gasteiger partial charge in [-0.05, 0) is 36.8 Å². The number of benzene rings is 1. The number of thiophene rings is 1. The maximum absolute atomic E-state index is 5.15. The molecule has 4 nitrogen and oxygen atoms in total. The molecule has 0 saturated carbocycles. The molecule has 0 bridgehead atoms. The van der Waals surface area contributed by atoms with Crippen molar-refractivity contribution < 1.29 is 4.74 Å². The molecule has 0 fully saturated rings. The first-order valence-corrected chi connectivity index (χ1v) is 7.65. The summed E-state index contributed by atoms with van der Waals surface area (Å²) in [7, 11) is 3.45. The molecule has 2 aromatic rings. The number of nitrogens with one attached hydrogen (secondary N) is 2. The van der Waals surface area contributed by atoms with E-state index in [9.17, 15) is 0 Å². The van der Waals surface area contributed by atoms with E-state index in [4.69, 9.17) is 4.74 Å². The number of ether oxygens (including phenoxy) is 1. The van der Waals surface area contributed by atoms with Crippen LogP contribution in [-0.4, -0.2) is 20.1 Å². The maximum atomic E-state index is 5.15. The van der Waals surface area contributed by atoms with Gasteiger partial charge in [-0.2, -0.15) is 0 Å². The standard InChI is InChI=1S/C16H21N3OS/c1-12-4-9-15(21-12)11-19-16(17-2)18-10-13-5-7-14(20-3)8-6-13/h4-9H,10-11H2,1-3H3,(H2,17,18,19). The van der Waals surface area contributed by atoms with Crippen LogP contribution in [-0.2, 0) is 13.1 Å². The monoisotopic (exact) mass is 303 g/mol. The van der Waals surface area contributed by atoms with Crippen LogP contribution in [0.15, 0.2) is 41.4 Å². The van der Waals surface area contributed by atoms with E-state index in [0.29, 0.717) is 0 Å². The number of hydrogen-bond donors (Lipinski definition) is 2. The minimum Gasteiger partial charge on any atom is -0.497 e. The quantitative estimate of drug-likeness (QED) is 0.659. The Bertz CT molecular complexity index is 590. The molecule has 1 aromatic carbocycles. The third-order valence-electron chi connectivity index (χ3n) is 3.07. The van der Waals surface area contributed by atoms with Crippen molar-refractivity contribution in [3.63, 3.8) is 0 Å². The van der Waals surface area contributed by atoms with Gasteiger partial charge in [0.15, 0.2) is 5.96 Å². The third-order valence-corrected chi connectivity index (χ3v) is 4.07. The van der Waals surface area contributed by atoms with Gasteiger partial charge in [0.25, 0.3) is 0 Å². The summed E-state index contributed by atoms with van der Waals surface area (Å²) < 4.78 is 5.15. The van der Waals surface area contributed by atoms with E-state index in [-0.39, 0.29) is 0 Å². The van der Waals surface area contributed by atoms with E-state index in [1.165, 1.54) is 15.3 Å². The lowest BCUT2D eigenvalue weighted by atomic mass is 10.2. The fraction of sp³-hybridized carbons (Fsp3) is 0.312. The second-order valence-corrected chi connectivity index (χ2v) is 6.01. The maximum Gasteiger partial charge on any atom is 0.191 e. The highest BCUT2D eigenvalue weighted by Crippen LogP contribution is 2.14. The van der Waals surface area contributed by atoms with Crippen molar-refractivity contribution in [2.24, 2.45) is 4.99 Å². The first-order chi connectivity index (χ1) is 10.2. The number of guanidine groups is 1. The number of methoxy groups -OCH3 is 1. The van der Waals surface area contributed by atoms with Crippen LogP contribution < -0.4 is 15.4 Å². The molecule has 0 aliphatic rings. The molecular weight excluding hydrogens is 282 g/mol. The lowest BCUT2D eigenvalue weighted by Crippen LogP contribution is -2.36. The second kappa shape index (κ2) is 7.69. The number of nitrogens with zero attached hydrogens (tertiary/aromatic N) is 1. The van der Waals surface area contributed by atoms with Gasteiger partial charge in [-0.3, -0.25) is 4.99 Å². The smallest absolute Gasteiger partial charge is 0.191 e. The zero-order chi connectivity index (χ0) is 15.1. The van der Waals surface area contributed by atoms with Gasteiger partial charge >= 0.3 is 0 Å². The minimum atomic E-state index is 0.729. The van der Waals surface area contributed by atoms with E-state index >= 15 is 0 Å². The summed E-state index contributed by atoms with van der Waals surface area (Å²) in [4.78, 5) is 6.87. The Kier molecular flexibility index (Phi) is 5.63. The van der Waals surface area contributed by atoms with Crippen molar-refractivity contribution in [3.8, 4) is 5.75 Å². The summed E-state index contributed by atoms with van der Waals surface area (Å²) >= 11 is 1.80. The summed E-state index contributed by atoms with van der Waals surface area (Å²) in [6.07, 6.45) is 0. The normalized spacial score (nSPS) is 11.3. The summed E-state index contributed by atoms with van der Waals surface area (Å²) in [6, 6.07) is 12.3. The molecule has 5 heteroatoms. The molecule has 0 atom stereocenters. The number of aryl methyl sites for hydroxylation is 1. The fourth-order valence-corrected chi connectivity index (χ4v) is 2.73. The van der Waals surface area contributed by atoms with Crippen molar-refractivity contribution >= 4 is 17.3 Å². The van der Waals surface area contributed by atoms with Crippen molar-refractivity contribution in [2.45, 2.75) is 20.0 Å². The molecule has 21 heavy (non-hydrogen) atoms. The summed E-state index contributed by atoms with van der Waals surface area (Å²) in [5.41, 5.74) is 1.19. The first kappa shape index (κ1) is 15.4. The topological polar surface area (TPSA) is 45.7 Å². The van der Waals surface area contributed by atoms with E-state index < -0.39 is 0 Å². The van der Waals surface area contributed by atoms with Crippen LogP contribution in [0, 0.1) is 6.92 Å². The highest BCUT2D eigenvalue weighted by molar-refractivity contribution is 7.11. The molecule has 0 radical (unpaired) electrons. The Morgan fingerprint density at radius 1 is 1.10 bits per heavy atom. The predicted molar refractivity (Wildman–Crippen MR) is 89.1 cm³/mol. The Morgan fingerprint density at radius 2 is 1.81 bits per heavy atom. The lowest BCUT2D eigenvalue weighted by molar-refractivity contribution is 0.414. The van der Waals surface area contributed by atoms with Crippen LogP contribution in [0.5, 0.6) is 5.75 Å². The van der Waals surface area contributed by atoms with E-state index in [2.05, 4.69) is 34.7 Å². The molecule has 0 saturated heterocycles. The lowest BCUT2D eigenvalue weighted by Gasteiger charge is -2.11. The van der Waals surface area contributed by atoms with E-state index in [1.807, 2.05) is 24.3 Å². The van der Waals surface area contributed by atoms with E-state index in [1.54, 1.807) is 25.5 Å². The third kappa shape index (κ3) is 4.79. The molecule has 112 valence electrons. The second-order valence-electron chi connectivity index (χ2n) is 4.64. The number of rotatable bonds is 5. The largest absolute Gasteiger partial charge is 0.497 e. The molecule has 0 spiro atoms. The Labute approximate surface area is 129 Å². The summed E-state index contributed by atoms with van der Waals surface area (Å²) in [5.74, 6) is 1.67. The average Bonchev–Trinajstić information content (AvgIpc) is 2.93. The molecular formula is C16H21N3OS. The molecule has 0 amide bonds. The van der Waals surface area contributed by atoms with E-state index in [0.717, 1.165) is 24.8 Å². The minimum absolute atomic E-state index is 0.729. The van der Waals surface area contributed by atoms with Crippen LogP contribution in [0.1, 0.15) is 15.3 Å². The Morgan fingerprint density at radius 3 is 2.38 bits per heavy atom. The highest BCUT2D eigenvalue weighted by atomic mass is 32.1. The molecule has 1 heterocycles. The fourth-order valence-electron chi connectivity index (χ4n) is 1.90. The zero-order valence-corrected chi connectivity index (χ0v) is 13.5. The van der Waals surface area contributed by atoms with Crippen LogP contribution in [0.25, 0.3) is 0 Å². The summed E-state index contributed by atoms with van der Waals surface area (Å²) in [5, 5.41) is 6.62.